The summed E-state index contributed by atoms with van der Waals surface area (Å²) in [5.74, 6) is 0. The van der Waals surface area contributed by atoms with Gasteiger partial charge in [-0.3, -0.25) is 0 Å². The molecule has 2 N–H and O–H groups in total. The number of hydrogen-bond acceptors (Lipinski definition) is 1. The molecule has 0 saturated heterocycles. The van der Waals surface area contributed by atoms with Crippen molar-refractivity contribution >= 4 is 6.08 Å². The fraction of sp³-hybridized carbons (Fsp3) is 0.167. The lowest BCUT2D eigenvalue weighted by Crippen LogP contribution is -1.92. The molecule has 0 bridgehead atoms. The van der Waals surface area contributed by atoms with E-state index < -0.39 is 0 Å². The third-order valence-electron chi connectivity index (χ3n) is 1.71. The van der Waals surface area contributed by atoms with Gasteiger partial charge in [-0.1, -0.05) is 54.1 Å². The van der Waals surface area contributed by atoms with E-state index in [1.165, 1.54) is 11.1 Å². The van der Waals surface area contributed by atoms with Crippen LogP contribution in [0.1, 0.15) is 12.5 Å². The first-order valence-corrected chi connectivity index (χ1v) is 4.43. The average molecular weight is 173 g/mol. The van der Waals surface area contributed by atoms with E-state index in [1.54, 1.807) is 0 Å². The lowest BCUT2D eigenvalue weighted by Gasteiger charge is -1.93. The molecular weight excluding hydrogens is 158 g/mol. The van der Waals surface area contributed by atoms with Crippen LogP contribution in [0.25, 0.3) is 6.08 Å². The first kappa shape index (κ1) is 9.75. The van der Waals surface area contributed by atoms with Crippen molar-refractivity contribution in [2.24, 2.45) is 5.73 Å². The summed E-state index contributed by atoms with van der Waals surface area (Å²) in [5.41, 5.74) is 7.80. The normalized spacial score (nSPS) is 12.3. The average Bonchev–Trinajstić information content (AvgIpc) is 2.16. The fourth-order valence-corrected chi connectivity index (χ4v) is 1.11. The molecule has 1 aromatic carbocycles. The van der Waals surface area contributed by atoms with E-state index in [-0.39, 0.29) is 0 Å². The Hall–Kier alpha value is -1.34. The SMILES string of the molecule is CC(=C/c1ccccc1)/C=C/CN. The molecule has 1 nitrogen and oxygen atoms in total. The summed E-state index contributed by atoms with van der Waals surface area (Å²) in [7, 11) is 0. The van der Waals surface area contributed by atoms with E-state index in [4.69, 9.17) is 5.73 Å². The maximum atomic E-state index is 5.36. The van der Waals surface area contributed by atoms with Crippen LogP contribution in [0.3, 0.4) is 0 Å². The molecule has 1 rings (SSSR count). The Labute approximate surface area is 79.6 Å². The van der Waals surface area contributed by atoms with Crippen molar-refractivity contribution in [3.8, 4) is 0 Å². The molecule has 1 heteroatoms. The molecule has 0 amide bonds. The Morgan fingerprint density at radius 2 is 2.00 bits per heavy atom. The summed E-state index contributed by atoms with van der Waals surface area (Å²) in [6.45, 7) is 2.67. The molecule has 0 spiro atoms. The second-order valence-electron chi connectivity index (χ2n) is 2.94. The highest BCUT2D eigenvalue weighted by molar-refractivity contribution is 5.54. The minimum atomic E-state index is 0.597. The molecule has 0 aliphatic carbocycles. The molecule has 0 aromatic heterocycles. The van der Waals surface area contributed by atoms with Gasteiger partial charge in [0.05, 0.1) is 0 Å². The van der Waals surface area contributed by atoms with E-state index in [1.807, 2.05) is 30.4 Å². The summed E-state index contributed by atoms with van der Waals surface area (Å²) in [6, 6.07) is 10.2. The summed E-state index contributed by atoms with van der Waals surface area (Å²) in [4.78, 5) is 0. The van der Waals surface area contributed by atoms with Crippen LogP contribution in [0, 0.1) is 0 Å². The summed E-state index contributed by atoms with van der Waals surface area (Å²) in [5, 5.41) is 0. The van der Waals surface area contributed by atoms with Gasteiger partial charge in [-0.2, -0.15) is 0 Å². The van der Waals surface area contributed by atoms with Crippen LogP contribution >= 0.6 is 0 Å². The number of hydrogen-bond donors (Lipinski definition) is 1. The number of allylic oxidation sites excluding steroid dienone is 2. The minimum Gasteiger partial charge on any atom is -0.327 e. The largest absolute Gasteiger partial charge is 0.327 e. The molecule has 0 radical (unpaired) electrons. The van der Waals surface area contributed by atoms with Crippen LogP contribution in [0.5, 0.6) is 0 Å². The molecule has 0 aliphatic heterocycles. The lowest BCUT2D eigenvalue weighted by atomic mass is 10.1. The monoisotopic (exact) mass is 173 g/mol. The molecular formula is C12H15N. The van der Waals surface area contributed by atoms with Crippen LogP contribution in [0.15, 0.2) is 48.1 Å². The fourth-order valence-electron chi connectivity index (χ4n) is 1.11. The highest BCUT2D eigenvalue weighted by atomic mass is 14.5. The predicted octanol–water partition coefficient (Wildman–Crippen LogP) is 2.60. The van der Waals surface area contributed by atoms with Crippen LogP contribution in [0.4, 0.5) is 0 Å². The van der Waals surface area contributed by atoms with Crippen LogP contribution < -0.4 is 5.73 Å². The summed E-state index contributed by atoms with van der Waals surface area (Å²) in [6.07, 6.45) is 6.12. The topological polar surface area (TPSA) is 26.0 Å². The van der Waals surface area contributed by atoms with Gasteiger partial charge in [-0.25, -0.2) is 0 Å². The smallest absolute Gasteiger partial charge is 0.0110 e. The second kappa shape index (κ2) is 5.33. The van der Waals surface area contributed by atoms with Crippen molar-refractivity contribution in [2.45, 2.75) is 6.92 Å². The van der Waals surface area contributed by atoms with Crippen molar-refractivity contribution in [1.82, 2.24) is 0 Å². The summed E-state index contributed by atoms with van der Waals surface area (Å²) >= 11 is 0. The van der Waals surface area contributed by atoms with Crippen molar-refractivity contribution in [1.29, 1.82) is 0 Å². The Bertz CT molecular complexity index is 296. The maximum Gasteiger partial charge on any atom is 0.0110 e. The highest BCUT2D eigenvalue weighted by Crippen LogP contribution is 2.06. The first-order valence-electron chi connectivity index (χ1n) is 4.43. The lowest BCUT2D eigenvalue weighted by molar-refractivity contribution is 1.25. The minimum absolute atomic E-state index is 0.597. The number of benzene rings is 1. The van der Waals surface area contributed by atoms with Crippen molar-refractivity contribution in [3.63, 3.8) is 0 Å². The van der Waals surface area contributed by atoms with E-state index in [0.29, 0.717) is 6.54 Å². The first-order chi connectivity index (χ1) is 6.33. The van der Waals surface area contributed by atoms with Crippen molar-refractivity contribution in [2.75, 3.05) is 6.54 Å². The predicted molar refractivity (Wildman–Crippen MR) is 58.3 cm³/mol. The second-order valence-corrected chi connectivity index (χ2v) is 2.94. The Morgan fingerprint density at radius 1 is 1.31 bits per heavy atom. The Balaban J connectivity index is 2.71. The van der Waals surface area contributed by atoms with E-state index >= 15 is 0 Å². The molecule has 0 saturated carbocycles. The molecule has 0 unspecified atom stereocenters. The van der Waals surface area contributed by atoms with E-state index in [2.05, 4.69) is 25.1 Å². The van der Waals surface area contributed by atoms with Gasteiger partial charge in [0.2, 0.25) is 0 Å². The molecule has 68 valence electrons. The van der Waals surface area contributed by atoms with Gasteiger partial charge >= 0.3 is 0 Å². The van der Waals surface area contributed by atoms with Crippen LogP contribution in [0.2, 0.25) is 0 Å². The molecule has 13 heavy (non-hydrogen) atoms. The Kier molecular flexibility index (Phi) is 4.00. The molecule has 0 fully saturated rings. The van der Waals surface area contributed by atoms with Gasteiger partial charge < -0.3 is 5.73 Å². The summed E-state index contributed by atoms with van der Waals surface area (Å²) < 4.78 is 0. The van der Waals surface area contributed by atoms with Gasteiger partial charge in [0, 0.05) is 6.54 Å². The Morgan fingerprint density at radius 3 is 2.62 bits per heavy atom. The molecule has 1 aromatic rings. The van der Waals surface area contributed by atoms with Gasteiger partial charge in [-0.05, 0) is 12.5 Å². The van der Waals surface area contributed by atoms with Gasteiger partial charge in [-0.15, -0.1) is 0 Å². The quantitative estimate of drug-likeness (QED) is 0.698. The molecule has 0 aliphatic rings. The number of rotatable bonds is 3. The van der Waals surface area contributed by atoms with Gasteiger partial charge in [0.25, 0.3) is 0 Å². The van der Waals surface area contributed by atoms with Gasteiger partial charge in [0.1, 0.15) is 0 Å². The molecule has 0 atom stereocenters. The third-order valence-corrected chi connectivity index (χ3v) is 1.71. The zero-order chi connectivity index (χ0) is 9.52. The van der Waals surface area contributed by atoms with Gasteiger partial charge in [0.15, 0.2) is 0 Å². The highest BCUT2D eigenvalue weighted by Gasteiger charge is 1.85. The van der Waals surface area contributed by atoms with E-state index in [0.717, 1.165) is 0 Å². The zero-order valence-electron chi connectivity index (χ0n) is 7.90. The zero-order valence-corrected chi connectivity index (χ0v) is 7.90. The third kappa shape index (κ3) is 3.72. The van der Waals surface area contributed by atoms with Crippen LogP contribution in [-0.4, -0.2) is 6.54 Å². The number of nitrogens with two attached hydrogens (primary N) is 1. The van der Waals surface area contributed by atoms with E-state index in [9.17, 15) is 0 Å². The molecule has 0 heterocycles. The van der Waals surface area contributed by atoms with Crippen molar-refractivity contribution < 1.29 is 0 Å². The standard InChI is InChI=1S/C12H15N/c1-11(6-5-9-13)10-12-7-3-2-4-8-12/h2-8,10H,9,13H2,1H3/b6-5+,11-10-. The van der Waals surface area contributed by atoms with Crippen molar-refractivity contribution in [3.05, 3.63) is 53.6 Å². The van der Waals surface area contributed by atoms with Crippen LogP contribution in [-0.2, 0) is 0 Å². The maximum absolute atomic E-state index is 5.36.